The molecule has 0 radical (unpaired) electrons. The van der Waals surface area contributed by atoms with Gasteiger partial charge in [-0.1, -0.05) is 26.7 Å². The van der Waals surface area contributed by atoms with E-state index in [0.29, 0.717) is 6.42 Å². The zero-order valence-corrected chi connectivity index (χ0v) is 9.47. The monoisotopic (exact) mass is 250 g/mol. The van der Waals surface area contributed by atoms with E-state index < -0.39 is 24.2 Å². The maximum Gasteiger partial charge on any atom is 0.402 e. The summed E-state index contributed by atoms with van der Waals surface area (Å²) in [5, 5.41) is 0. The summed E-state index contributed by atoms with van der Waals surface area (Å²) in [6, 6.07) is 0. The molecule has 0 spiro atoms. The van der Waals surface area contributed by atoms with Gasteiger partial charge in [-0.05, 0) is 19.3 Å². The molecule has 0 nitrogen and oxygen atoms in total. The van der Waals surface area contributed by atoms with E-state index in [1.165, 1.54) is 0 Å². The van der Waals surface area contributed by atoms with Crippen LogP contribution < -0.4 is 0 Å². The molecule has 0 aromatic carbocycles. The molecule has 0 aromatic heterocycles. The van der Waals surface area contributed by atoms with Crippen LogP contribution in [-0.4, -0.2) is 12.4 Å². The Labute approximate surface area is 91.0 Å². The molecule has 0 rings (SSSR count). The molecule has 0 aliphatic heterocycles. The van der Waals surface area contributed by atoms with Gasteiger partial charge in [0, 0.05) is 0 Å². The van der Waals surface area contributed by atoms with Gasteiger partial charge in [-0.25, -0.2) is 0 Å². The van der Waals surface area contributed by atoms with Gasteiger partial charge in [0.1, 0.15) is 0 Å². The molecule has 0 bridgehead atoms. The third-order valence-electron chi connectivity index (χ3n) is 2.71. The van der Waals surface area contributed by atoms with Gasteiger partial charge in [0.2, 0.25) is 0 Å². The lowest BCUT2D eigenvalue weighted by Crippen LogP contribution is -2.47. The predicted molar refractivity (Wildman–Crippen MR) is 48.9 cm³/mol. The van der Waals surface area contributed by atoms with Gasteiger partial charge in [0.15, 0.2) is 5.41 Å². The summed E-state index contributed by atoms with van der Waals surface area (Å²) in [5.41, 5.74) is -3.59. The summed E-state index contributed by atoms with van der Waals surface area (Å²) in [6.07, 6.45) is -11.1. The molecular formula is C10H16F6. The third-order valence-corrected chi connectivity index (χ3v) is 2.71. The molecule has 0 atom stereocenters. The molecule has 0 saturated heterocycles. The Morgan fingerprint density at radius 1 is 0.875 bits per heavy atom. The van der Waals surface area contributed by atoms with E-state index in [1.807, 2.05) is 0 Å². The van der Waals surface area contributed by atoms with Crippen LogP contribution in [0.15, 0.2) is 0 Å². The minimum Gasteiger partial charge on any atom is -0.170 e. The van der Waals surface area contributed by atoms with Crippen LogP contribution in [0, 0.1) is 11.3 Å². The molecule has 0 aromatic rings. The fraction of sp³-hybridized carbons (Fsp3) is 1.00. The van der Waals surface area contributed by atoms with Crippen LogP contribution in [0.25, 0.3) is 0 Å². The van der Waals surface area contributed by atoms with Gasteiger partial charge in [0.05, 0.1) is 0 Å². The lowest BCUT2D eigenvalue weighted by Gasteiger charge is -2.34. The van der Waals surface area contributed by atoms with Crippen LogP contribution in [0.2, 0.25) is 0 Å². The number of rotatable bonds is 4. The van der Waals surface area contributed by atoms with E-state index in [2.05, 4.69) is 0 Å². The zero-order chi connectivity index (χ0) is 13.2. The minimum absolute atomic E-state index is 0.0762. The fourth-order valence-corrected chi connectivity index (χ4v) is 1.31. The summed E-state index contributed by atoms with van der Waals surface area (Å²) in [4.78, 5) is 0. The van der Waals surface area contributed by atoms with E-state index in [1.54, 1.807) is 13.8 Å². The molecule has 98 valence electrons. The smallest absolute Gasteiger partial charge is 0.170 e. The summed E-state index contributed by atoms with van der Waals surface area (Å²) in [7, 11) is 0. The highest BCUT2D eigenvalue weighted by atomic mass is 19.4. The summed E-state index contributed by atoms with van der Waals surface area (Å²) in [5.74, 6) is 0.103. The number of alkyl halides is 6. The van der Waals surface area contributed by atoms with Crippen molar-refractivity contribution in [1.29, 1.82) is 0 Å². The van der Waals surface area contributed by atoms with E-state index in [9.17, 15) is 26.3 Å². The van der Waals surface area contributed by atoms with Crippen LogP contribution in [-0.2, 0) is 0 Å². The normalized spacial score (nSPS) is 14.6. The van der Waals surface area contributed by atoms with Crippen molar-refractivity contribution in [2.24, 2.45) is 11.3 Å². The molecule has 6 heteroatoms. The Hall–Kier alpha value is -0.420. The first-order valence-electron chi connectivity index (χ1n) is 5.05. The Bertz CT molecular complexity index is 198. The largest absolute Gasteiger partial charge is 0.402 e. The number of hydrogen-bond donors (Lipinski definition) is 0. The number of halogens is 6. The van der Waals surface area contributed by atoms with Crippen LogP contribution in [0.4, 0.5) is 26.3 Å². The maximum atomic E-state index is 12.4. The van der Waals surface area contributed by atoms with Gasteiger partial charge in [-0.2, -0.15) is 26.3 Å². The molecule has 0 aliphatic carbocycles. The fourth-order valence-electron chi connectivity index (χ4n) is 1.31. The minimum atomic E-state index is -5.25. The molecule has 0 amide bonds. The standard InChI is InChI=1S/C10H16F6/c1-7(2)5-4-6-8(3,9(11,12)13)10(14,15)16/h7H,4-6H2,1-3H3. The van der Waals surface area contributed by atoms with Crippen molar-refractivity contribution < 1.29 is 26.3 Å². The quantitative estimate of drug-likeness (QED) is 0.620. The van der Waals surface area contributed by atoms with Crippen LogP contribution >= 0.6 is 0 Å². The van der Waals surface area contributed by atoms with Crippen molar-refractivity contribution in [3.63, 3.8) is 0 Å². The highest BCUT2D eigenvalue weighted by molar-refractivity contribution is 4.89. The molecule has 0 unspecified atom stereocenters. The topological polar surface area (TPSA) is 0 Å². The van der Waals surface area contributed by atoms with Gasteiger partial charge in [-0.3, -0.25) is 0 Å². The van der Waals surface area contributed by atoms with Crippen molar-refractivity contribution in [3.8, 4) is 0 Å². The predicted octanol–water partition coefficient (Wildman–Crippen LogP) is 4.94. The SMILES string of the molecule is CC(C)CCCC(C)(C(F)(F)F)C(F)(F)F. The van der Waals surface area contributed by atoms with E-state index >= 15 is 0 Å². The Morgan fingerprint density at radius 2 is 1.25 bits per heavy atom. The molecule has 0 N–H and O–H groups in total. The van der Waals surface area contributed by atoms with Crippen LogP contribution in [0.3, 0.4) is 0 Å². The second kappa shape index (κ2) is 4.84. The Morgan fingerprint density at radius 3 is 1.50 bits per heavy atom. The molecule has 0 aliphatic rings. The van der Waals surface area contributed by atoms with Crippen LogP contribution in [0.1, 0.15) is 40.0 Å². The highest BCUT2D eigenvalue weighted by Crippen LogP contribution is 2.53. The second-order valence-corrected chi connectivity index (χ2v) is 4.61. The zero-order valence-electron chi connectivity index (χ0n) is 9.47. The Balaban J connectivity index is 4.71. The van der Waals surface area contributed by atoms with Crippen molar-refractivity contribution in [1.82, 2.24) is 0 Å². The molecule has 0 fully saturated rings. The molecule has 0 heterocycles. The summed E-state index contributed by atoms with van der Waals surface area (Å²) in [6.45, 7) is 3.75. The van der Waals surface area contributed by atoms with E-state index in [4.69, 9.17) is 0 Å². The van der Waals surface area contributed by atoms with E-state index in [-0.39, 0.29) is 19.3 Å². The molecule has 0 saturated carbocycles. The lowest BCUT2D eigenvalue weighted by atomic mass is 9.82. The van der Waals surface area contributed by atoms with Crippen LogP contribution in [0.5, 0.6) is 0 Å². The van der Waals surface area contributed by atoms with Crippen molar-refractivity contribution >= 4 is 0 Å². The van der Waals surface area contributed by atoms with Crippen molar-refractivity contribution in [2.45, 2.75) is 52.4 Å². The van der Waals surface area contributed by atoms with Gasteiger partial charge >= 0.3 is 12.4 Å². The first-order valence-corrected chi connectivity index (χ1v) is 5.05. The molecule has 16 heavy (non-hydrogen) atoms. The third kappa shape index (κ3) is 3.56. The summed E-state index contributed by atoms with van der Waals surface area (Å²) >= 11 is 0. The molecular weight excluding hydrogens is 234 g/mol. The van der Waals surface area contributed by atoms with Gasteiger partial charge in [0.25, 0.3) is 0 Å². The van der Waals surface area contributed by atoms with Gasteiger partial charge < -0.3 is 0 Å². The second-order valence-electron chi connectivity index (χ2n) is 4.61. The maximum absolute atomic E-state index is 12.4. The average Bonchev–Trinajstić information content (AvgIpc) is 1.98. The van der Waals surface area contributed by atoms with Crippen molar-refractivity contribution in [2.75, 3.05) is 0 Å². The highest BCUT2D eigenvalue weighted by Gasteiger charge is 2.66. The first-order chi connectivity index (χ1) is 6.92. The number of hydrogen-bond acceptors (Lipinski definition) is 0. The average molecular weight is 250 g/mol. The first kappa shape index (κ1) is 15.6. The van der Waals surface area contributed by atoms with E-state index in [0.717, 1.165) is 0 Å². The lowest BCUT2D eigenvalue weighted by molar-refractivity contribution is -0.336. The van der Waals surface area contributed by atoms with Crippen molar-refractivity contribution in [3.05, 3.63) is 0 Å². The van der Waals surface area contributed by atoms with Gasteiger partial charge in [-0.15, -0.1) is 0 Å². The Kier molecular flexibility index (Phi) is 4.71. The summed E-state index contributed by atoms with van der Waals surface area (Å²) < 4.78 is 74.4.